The van der Waals surface area contributed by atoms with Gasteiger partial charge in [-0.1, -0.05) is 30.3 Å². The molecule has 0 radical (unpaired) electrons. The largest absolute Gasteiger partial charge is 0.497 e. The Morgan fingerprint density at radius 3 is 2.62 bits per heavy atom. The number of ether oxygens (including phenoxy) is 2. The van der Waals surface area contributed by atoms with Gasteiger partial charge in [-0.3, -0.25) is 9.78 Å². The van der Waals surface area contributed by atoms with E-state index in [9.17, 15) is 4.79 Å². The summed E-state index contributed by atoms with van der Waals surface area (Å²) in [6.07, 6.45) is 2.48. The Balaban J connectivity index is 1.94. The minimum atomic E-state index is 0.443. The van der Waals surface area contributed by atoms with Gasteiger partial charge in [0.2, 0.25) is 0 Å². The van der Waals surface area contributed by atoms with Crippen LogP contribution in [0.5, 0.6) is 11.5 Å². The zero-order valence-corrected chi connectivity index (χ0v) is 13.3. The molecule has 0 bridgehead atoms. The van der Waals surface area contributed by atoms with Crippen LogP contribution in [-0.2, 0) is 6.61 Å². The van der Waals surface area contributed by atoms with Crippen molar-refractivity contribution < 1.29 is 14.3 Å². The third-order valence-electron chi connectivity index (χ3n) is 3.62. The van der Waals surface area contributed by atoms with Crippen LogP contribution in [0.3, 0.4) is 0 Å². The molecule has 0 aliphatic carbocycles. The molecule has 0 N–H and O–H groups in total. The maximum Gasteiger partial charge on any atom is 0.150 e. The number of aldehydes is 1. The predicted molar refractivity (Wildman–Crippen MR) is 92.4 cm³/mol. The van der Waals surface area contributed by atoms with Gasteiger partial charge < -0.3 is 9.47 Å². The number of pyridine rings is 1. The molecule has 0 saturated heterocycles. The molecule has 0 atom stereocenters. The van der Waals surface area contributed by atoms with Crippen molar-refractivity contribution in [2.24, 2.45) is 0 Å². The summed E-state index contributed by atoms with van der Waals surface area (Å²) in [5.41, 5.74) is 3.10. The number of carbonyl (C=O) groups is 1. The van der Waals surface area contributed by atoms with Crippen molar-refractivity contribution in [3.8, 4) is 22.8 Å². The molecule has 0 fully saturated rings. The second-order valence-electron chi connectivity index (χ2n) is 5.23. The van der Waals surface area contributed by atoms with Crippen molar-refractivity contribution >= 4 is 6.29 Å². The van der Waals surface area contributed by atoms with Gasteiger partial charge in [0.15, 0.2) is 0 Å². The second kappa shape index (κ2) is 7.42. The van der Waals surface area contributed by atoms with E-state index in [0.717, 1.165) is 17.4 Å². The molecular weight excluding hydrogens is 302 g/mol. The van der Waals surface area contributed by atoms with Gasteiger partial charge in [-0.2, -0.15) is 0 Å². The van der Waals surface area contributed by atoms with Crippen molar-refractivity contribution in [1.29, 1.82) is 0 Å². The van der Waals surface area contributed by atoms with Crippen LogP contribution in [0.15, 0.2) is 66.9 Å². The lowest BCUT2D eigenvalue weighted by Crippen LogP contribution is -1.98. The maximum atomic E-state index is 11.1. The number of aromatic nitrogens is 1. The lowest BCUT2D eigenvalue weighted by molar-refractivity contribution is 0.112. The average Bonchev–Trinajstić information content (AvgIpc) is 2.67. The van der Waals surface area contributed by atoms with Gasteiger partial charge in [0, 0.05) is 23.4 Å². The molecule has 1 aromatic heterocycles. The summed E-state index contributed by atoms with van der Waals surface area (Å²) in [6, 6.07) is 18.8. The van der Waals surface area contributed by atoms with Gasteiger partial charge in [0.25, 0.3) is 0 Å². The summed E-state index contributed by atoms with van der Waals surface area (Å²) < 4.78 is 11.2. The molecule has 3 rings (SSSR count). The first kappa shape index (κ1) is 15.7. The molecule has 24 heavy (non-hydrogen) atoms. The molecule has 3 aromatic rings. The quantitative estimate of drug-likeness (QED) is 0.640. The summed E-state index contributed by atoms with van der Waals surface area (Å²) in [5.74, 6) is 1.37. The molecule has 0 unspecified atom stereocenters. The summed E-state index contributed by atoms with van der Waals surface area (Å²) in [5, 5.41) is 0. The normalized spacial score (nSPS) is 10.2. The van der Waals surface area contributed by atoms with Gasteiger partial charge in [0.05, 0.1) is 12.8 Å². The number of nitrogens with zero attached hydrogens (tertiary/aromatic N) is 1. The molecule has 1 heterocycles. The Kier molecular flexibility index (Phi) is 4.87. The highest BCUT2D eigenvalue weighted by Crippen LogP contribution is 2.31. The van der Waals surface area contributed by atoms with Crippen molar-refractivity contribution in [2.75, 3.05) is 7.11 Å². The van der Waals surface area contributed by atoms with E-state index in [2.05, 4.69) is 4.98 Å². The highest BCUT2D eigenvalue weighted by molar-refractivity contribution is 5.80. The van der Waals surface area contributed by atoms with Crippen molar-refractivity contribution in [3.05, 3.63) is 78.0 Å². The lowest BCUT2D eigenvalue weighted by Gasteiger charge is -2.12. The van der Waals surface area contributed by atoms with Crippen LogP contribution in [0.2, 0.25) is 0 Å². The van der Waals surface area contributed by atoms with Crippen LogP contribution in [0, 0.1) is 0 Å². The van der Waals surface area contributed by atoms with Crippen LogP contribution in [0.4, 0.5) is 0 Å². The van der Waals surface area contributed by atoms with E-state index in [0.29, 0.717) is 29.4 Å². The molecule has 0 aliphatic heterocycles. The Labute approximate surface area is 140 Å². The average molecular weight is 319 g/mol. The molecule has 0 aliphatic rings. The molecule has 120 valence electrons. The lowest BCUT2D eigenvalue weighted by atomic mass is 10.1. The minimum Gasteiger partial charge on any atom is -0.497 e. The van der Waals surface area contributed by atoms with E-state index in [1.807, 2.05) is 36.4 Å². The van der Waals surface area contributed by atoms with E-state index in [1.165, 1.54) is 0 Å². The van der Waals surface area contributed by atoms with Gasteiger partial charge in [-0.05, 0) is 29.8 Å². The molecule has 2 aromatic carbocycles. The monoisotopic (exact) mass is 319 g/mol. The molecule has 4 heteroatoms. The maximum absolute atomic E-state index is 11.1. The van der Waals surface area contributed by atoms with Crippen LogP contribution in [0.1, 0.15) is 15.9 Å². The van der Waals surface area contributed by atoms with E-state index in [4.69, 9.17) is 9.47 Å². The van der Waals surface area contributed by atoms with Crippen molar-refractivity contribution in [2.45, 2.75) is 6.61 Å². The van der Waals surface area contributed by atoms with Gasteiger partial charge in [-0.15, -0.1) is 0 Å². The van der Waals surface area contributed by atoms with Gasteiger partial charge in [0.1, 0.15) is 24.4 Å². The first-order valence-corrected chi connectivity index (χ1v) is 7.56. The van der Waals surface area contributed by atoms with E-state index >= 15 is 0 Å². The third-order valence-corrected chi connectivity index (χ3v) is 3.62. The summed E-state index contributed by atoms with van der Waals surface area (Å²) in [6.45, 7) is 0.443. The van der Waals surface area contributed by atoms with Gasteiger partial charge in [-0.25, -0.2) is 0 Å². The number of hydrogen-bond donors (Lipinski definition) is 0. The predicted octanol–water partition coefficient (Wildman–Crippen LogP) is 4.15. The van der Waals surface area contributed by atoms with Crippen molar-refractivity contribution in [1.82, 2.24) is 4.98 Å². The Hall–Kier alpha value is -3.14. The number of hydrogen-bond acceptors (Lipinski definition) is 4. The Morgan fingerprint density at radius 1 is 1.04 bits per heavy atom. The fourth-order valence-corrected chi connectivity index (χ4v) is 2.37. The smallest absolute Gasteiger partial charge is 0.150 e. The van der Waals surface area contributed by atoms with Crippen LogP contribution < -0.4 is 9.47 Å². The summed E-state index contributed by atoms with van der Waals surface area (Å²) >= 11 is 0. The standard InChI is InChI=1S/C20H17NO3/c1-23-17-9-10-21-19(12-17)18-11-16(13-22)7-8-20(18)24-14-15-5-3-2-4-6-15/h2-13H,14H2,1H3. The SMILES string of the molecule is COc1ccnc(-c2cc(C=O)ccc2OCc2ccccc2)c1. The Bertz CT molecular complexity index is 831. The van der Waals surface area contributed by atoms with Crippen LogP contribution >= 0.6 is 0 Å². The highest BCUT2D eigenvalue weighted by atomic mass is 16.5. The van der Waals surface area contributed by atoms with Crippen molar-refractivity contribution in [3.63, 3.8) is 0 Å². The minimum absolute atomic E-state index is 0.443. The van der Waals surface area contributed by atoms with E-state index in [1.54, 1.807) is 37.6 Å². The number of methoxy groups -OCH3 is 1. The first-order valence-electron chi connectivity index (χ1n) is 7.56. The highest BCUT2D eigenvalue weighted by Gasteiger charge is 2.10. The molecule has 0 saturated carbocycles. The fourth-order valence-electron chi connectivity index (χ4n) is 2.37. The zero-order chi connectivity index (χ0) is 16.8. The number of rotatable bonds is 6. The van der Waals surface area contributed by atoms with Crippen LogP contribution in [-0.4, -0.2) is 18.4 Å². The molecular formula is C20H17NO3. The number of carbonyl (C=O) groups excluding carboxylic acids is 1. The van der Waals surface area contributed by atoms with E-state index < -0.39 is 0 Å². The zero-order valence-electron chi connectivity index (χ0n) is 13.3. The summed E-state index contributed by atoms with van der Waals surface area (Å²) in [7, 11) is 1.60. The fraction of sp³-hybridized carbons (Fsp3) is 0.100. The third kappa shape index (κ3) is 3.60. The molecule has 0 amide bonds. The Morgan fingerprint density at radius 2 is 1.88 bits per heavy atom. The van der Waals surface area contributed by atoms with Gasteiger partial charge >= 0.3 is 0 Å². The van der Waals surface area contributed by atoms with E-state index in [-0.39, 0.29) is 0 Å². The molecule has 0 spiro atoms. The second-order valence-corrected chi connectivity index (χ2v) is 5.23. The molecule has 4 nitrogen and oxygen atoms in total. The number of benzene rings is 2. The van der Waals surface area contributed by atoms with Crippen LogP contribution in [0.25, 0.3) is 11.3 Å². The summed E-state index contributed by atoms with van der Waals surface area (Å²) in [4.78, 5) is 15.5. The topological polar surface area (TPSA) is 48.4 Å². The first-order chi connectivity index (χ1) is 11.8.